The fourth-order valence-electron chi connectivity index (χ4n) is 1.13. The van der Waals surface area contributed by atoms with Crippen molar-refractivity contribution in [2.75, 3.05) is 11.1 Å². The number of nitrogen functional groups attached to an aromatic ring is 1. The zero-order chi connectivity index (χ0) is 9.80. The van der Waals surface area contributed by atoms with Gasteiger partial charge in [-0.15, -0.1) is 0 Å². The summed E-state index contributed by atoms with van der Waals surface area (Å²) in [5.41, 5.74) is 7.39. The van der Waals surface area contributed by atoms with Gasteiger partial charge in [-0.1, -0.05) is 0 Å². The maximum absolute atomic E-state index is 5.61. The van der Waals surface area contributed by atoms with E-state index in [9.17, 15) is 0 Å². The average Bonchev–Trinajstić information content (AvgIpc) is 2.67. The minimum absolute atomic E-state index is 0.687. The lowest BCUT2D eigenvalue weighted by atomic mass is 10.3. The van der Waals surface area contributed by atoms with Crippen LogP contribution in [0.5, 0.6) is 0 Å². The lowest BCUT2D eigenvalue weighted by Crippen LogP contribution is -2.00. The van der Waals surface area contributed by atoms with Gasteiger partial charge < -0.3 is 15.5 Å². The smallest absolute Gasteiger partial charge is 0.128 e. The minimum atomic E-state index is 0.687. The first kappa shape index (κ1) is 8.62. The number of anilines is 2. The molecule has 4 heteroatoms. The van der Waals surface area contributed by atoms with Gasteiger partial charge in [0.05, 0.1) is 12.5 Å². The molecular formula is C10H11N3O. The molecule has 0 spiro atoms. The van der Waals surface area contributed by atoms with Crippen LogP contribution in [0.25, 0.3) is 0 Å². The van der Waals surface area contributed by atoms with Gasteiger partial charge in [0.2, 0.25) is 0 Å². The number of hydrogen-bond acceptors (Lipinski definition) is 4. The van der Waals surface area contributed by atoms with E-state index in [0.29, 0.717) is 12.2 Å². The topological polar surface area (TPSA) is 64.1 Å². The molecule has 0 fully saturated rings. The van der Waals surface area contributed by atoms with Crippen molar-refractivity contribution in [2.24, 2.45) is 0 Å². The monoisotopic (exact) mass is 189 g/mol. The molecule has 0 unspecified atom stereocenters. The summed E-state index contributed by atoms with van der Waals surface area (Å²) >= 11 is 0. The van der Waals surface area contributed by atoms with E-state index in [1.54, 1.807) is 30.9 Å². The fourth-order valence-corrected chi connectivity index (χ4v) is 1.13. The summed E-state index contributed by atoms with van der Waals surface area (Å²) in [6, 6.07) is 5.45. The van der Waals surface area contributed by atoms with Crippen LogP contribution in [0.1, 0.15) is 5.56 Å². The minimum Gasteiger partial charge on any atom is -0.472 e. The second kappa shape index (κ2) is 3.83. The van der Waals surface area contributed by atoms with Gasteiger partial charge in [0, 0.05) is 30.1 Å². The Kier molecular flexibility index (Phi) is 2.36. The Hall–Kier alpha value is -1.97. The molecule has 2 rings (SSSR count). The summed E-state index contributed by atoms with van der Waals surface area (Å²) in [5.74, 6) is 0.770. The van der Waals surface area contributed by atoms with Gasteiger partial charge in [0.25, 0.3) is 0 Å². The van der Waals surface area contributed by atoms with Crippen molar-refractivity contribution in [2.45, 2.75) is 6.54 Å². The molecule has 0 aliphatic rings. The van der Waals surface area contributed by atoms with E-state index in [-0.39, 0.29) is 0 Å². The van der Waals surface area contributed by atoms with Crippen LogP contribution in [0.4, 0.5) is 11.5 Å². The first-order valence-corrected chi connectivity index (χ1v) is 4.31. The molecule has 0 saturated carbocycles. The molecule has 0 radical (unpaired) electrons. The number of nitrogens with two attached hydrogens (primary N) is 1. The van der Waals surface area contributed by atoms with E-state index in [2.05, 4.69) is 10.3 Å². The molecule has 0 atom stereocenters. The normalized spacial score (nSPS) is 10.0. The number of nitrogens with one attached hydrogen (secondary N) is 1. The van der Waals surface area contributed by atoms with Crippen LogP contribution in [-0.4, -0.2) is 4.98 Å². The Morgan fingerprint density at radius 3 is 3.07 bits per heavy atom. The summed E-state index contributed by atoms with van der Waals surface area (Å²) in [4.78, 5) is 4.12. The molecule has 2 heterocycles. The van der Waals surface area contributed by atoms with E-state index >= 15 is 0 Å². The van der Waals surface area contributed by atoms with E-state index < -0.39 is 0 Å². The van der Waals surface area contributed by atoms with Crippen LogP contribution in [0.3, 0.4) is 0 Å². The number of pyridine rings is 1. The molecule has 0 aliphatic carbocycles. The van der Waals surface area contributed by atoms with E-state index in [1.165, 1.54) is 0 Å². The van der Waals surface area contributed by atoms with E-state index in [4.69, 9.17) is 10.2 Å². The molecule has 0 bridgehead atoms. The molecular weight excluding hydrogens is 178 g/mol. The lowest BCUT2D eigenvalue weighted by Gasteiger charge is -2.03. The lowest BCUT2D eigenvalue weighted by molar-refractivity contribution is 0.564. The van der Waals surface area contributed by atoms with Crippen LogP contribution < -0.4 is 11.1 Å². The zero-order valence-corrected chi connectivity index (χ0v) is 7.60. The molecule has 0 aliphatic heterocycles. The standard InChI is InChI=1S/C10H11N3O/c11-9-1-3-12-10(5-9)13-6-8-2-4-14-7-8/h1-5,7H,6H2,(H3,11,12,13). The molecule has 3 N–H and O–H groups in total. The van der Waals surface area contributed by atoms with Crippen molar-refractivity contribution < 1.29 is 4.42 Å². The summed E-state index contributed by atoms with van der Waals surface area (Å²) in [6.07, 6.45) is 5.01. The zero-order valence-electron chi connectivity index (χ0n) is 7.60. The summed E-state index contributed by atoms with van der Waals surface area (Å²) in [7, 11) is 0. The van der Waals surface area contributed by atoms with Crippen LogP contribution in [0.15, 0.2) is 41.3 Å². The average molecular weight is 189 g/mol. The Morgan fingerprint density at radius 2 is 2.36 bits per heavy atom. The number of hydrogen-bond donors (Lipinski definition) is 2. The van der Waals surface area contributed by atoms with Gasteiger partial charge in [0.15, 0.2) is 0 Å². The van der Waals surface area contributed by atoms with Crippen LogP contribution in [0, 0.1) is 0 Å². The maximum Gasteiger partial charge on any atom is 0.128 e. The Labute approximate surface area is 81.8 Å². The number of furan rings is 1. The second-order valence-electron chi connectivity index (χ2n) is 2.96. The van der Waals surface area contributed by atoms with Gasteiger partial charge in [-0.3, -0.25) is 0 Å². The Morgan fingerprint density at radius 1 is 1.43 bits per heavy atom. The van der Waals surface area contributed by atoms with Crippen LogP contribution in [-0.2, 0) is 6.54 Å². The fraction of sp³-hybridized carbons (Fsp3) is 0.100. The first-order chi connectivity index (χ1) is 6.84. The molecule has 2 aromatic rings. The van der Waals surface area contributed by atoms with Crippen LogP contribution in [0.2, 0.25) is 0 Å². The van der Waals surface area contributed by atoms with Crippen LogP contribution >= 0.6 is 0 Å². The first-order valence-electron chi connectivity index (χ1n) is 4.31. The van der Waals surface area contributed by atoms with Crippen molar-refractivity contribution in [3.63, 3.8) is 0 Å². The highest BCUT2D eigenvalue weighted by molar-refractivity contribution is 5.48. The highest BCUT2D eigenvalue weighted by Gasteiger charge is 1.96. The largest absolute Gasteiger partial charge is 0.472 e. The van der Waals surface area contributed by atoms with Crippen molar-refractivity contribution in [1.29, 1.82) is 0 Å². The van der Waals surface area contributed by atoms with Gasteiger partial charge in [-0.05, 0) is 12.1 Å². The molecule has 4 nitrogen and oxygen atoms in total. The second-order valence-corrected chi connectivity index (χ2v) is 2.96. The van der Waals surface area contributed by atoms with E-state index in [0.717, 1.165) is 11.4 Å². The number of rotatable bonds is 3. The Bertz CT molecular complexity index is 398. The van der Waals surface area contributed by atoms with Gasteiger partial charge in [-0.25, -0.2) is 4.98 Å². The summed E-state index contributed by atoms with van der Waals surface area (Å²) in [6.45, 7) is 0.687. The predicted octanol–water partition coefficient (Wildman–Crippen LogP) is 1.87. The highest BCUT2D eigenvalue weighted by atomic mass is 16.3. The SMILES string of the molecule is Nc1ccnc(NCc2ccoc2)c1. The van der Waals surface area contributed by atoms with Gasteiger partial charge >= 0.3 is 0 Å². The summed E-state index contributed by atoms with van der Waals surface area (Å²) in [5, 5.41) is 3.14. The quantitative estimate of drug-likeness (QED) is 0.773. The van der Waals surface area contributed by atoms with Crippen molar-refractivity contribution in [1.82, 2.24) is 4.98 Å². The third-order valence-electron chi connectivity index (χ3n) is 1.84. The molecule has 0 aromatic carbocycles. The van der Waals surface area contributed by atoms with Gasteiger partial charge in [-0.2, -0.15) is 0 Å². The Balaban J connectivity index is 1.98. The number of aromatic nitrogens is 1. The predicted molar refractivity (Wildman–Crippen MR) is 54.7 cm³/mol. The van der Waals surface area contributed by atoms with E-state index in [1.807, 2.05) is 6.07 Å². The third kappa shape index (κ3) is 2.04. The highest BCUT2D eigenvalue weighted by Crippen LogP contribution is 2.09. The van der Waals surface area contributed by atoms with Gasteiger partial charge in [0.1, 0.15) is 5.82 Å². The third-order valence-corrected chi connectivity index (χ3v) is 1.84. The maximum atomic E-state index is 5.61. The van der Waals surface area contributed by atoms with Crippen molar-refractivity contribution >= 4 is 11.5 Å². The summed E-state index contributed by atoms with van der Waals surface area (Å²) < 4.78 is 4.94. The van der Waals surface area contributed by atoms with Crippen molar-refractivity contribution in [3.8, 4) is 0 Å². The number of nitrogens with zero attached hydrogens (tertiary/aromatic N) is 1. The molecule has 2 aromatic heterocycles. The molecule has 14 heavy (non-hydrogen) atoms. The molecule has 72 valence electrons. The van der Waals surface area contributed by atoms with Crippen molar-refractivity contribution in [3.05, 3.63) is 42.5 Å². The molecule has 0 amide bonds. The molecule has 0 saturated heterocycles.